The van der Waals surface area contributed by atoms with Gasteiger partial charge in [-0.1, -0.05) is 18.2 Å². The monoisotopic (exact) mass is 514 g/mol. The van der Waals surface area contributed by atoms with E-state index in [2.05, 4.69) is 14.8 Å². The Kier molecular flexibility index (Phi) is 8.28. The highest BCUT2D eigenvalue weighted by Gasteiger charge is 2.31. The summed E-state index contributed by atoms with van der Waals surface area (Å²) in [5.74, 6) is -1.60. The zero-order valence-electron chi connectivity index (χ0n) is 18.7. The number of rotatable bonds is 9. The molecule has 2 aromatic carbocycles. The third-order valence-corrected chi connectivity index (χ3v) is 6.68. The van der Waals surface area contributed by atoms with E-state index in [0.29, 0.717) is 18.5 Å². The van der Waals surface area contributed by atoms with Crippen molar-refractivity contribution in [1.82, 2.24) is 0 Å². The summed E-state index contributed by atoms with van der Waals surface area (Å²) in [7, 11) is -4.27. The fourth-order valence-electron chi connectivity index (χ4n) is 3.67. The van der Waals surface area contributed by atoms with Crippen LogP contribution >= 0.6 is 0 Å². The summed E-state index contributed by atoms with van der Waals surface area (Å²) >= 11 is 0. The van der Waals surface area contributed by atoms with E-state index in [9.17, 15) is 31.5 Å². The molecule has 0 spiro atoms. The molecule has 3 N–H and O–H groups in total. The molecule has 0 aliphatic heterocycles. The number of sulfonamides is 1. The van der Waals surface area contributed by atoms with Gasteiger partial charge >= 0.3 is 6.36 Å². The van der Waals surface area contributed by atoms with E-state index in [1.165, 1.54) is 30.3 Å². The van der Waals surface area contributed by atoms with Crippen LogP contribution in [0.5, 0.6) is 11.5 Å². The van der Waals surface area contributed by atoms with Crippen LogP contribution in [0.3, 0.4) is 0 Å². The zero-order valence-corrected chi connectivity index (χ0v) is 19.5. The van der Waals surface area contributed by atoms with Crippen LogP contribution in [0.2, 0.25) is 0 Å². The molecule has 0 heterocycles. The molecule has 0 aromatic heterocycles. The Hall–Kier alpha value is -3.25. The minimum atomic E-state index is -4.93. The number of hydrogen-bond acceptors (Lipinski definition) is 6. The normalized spacial score (nSPS) is 18.1. The molecule has 190 valence electrons. The van der Waals surface area contributed by atoms with Crippen LogP contribution in [-0.4, -0.2) is 39.0 Å². The molecule has 0 fully saturated rings. The second-order valence-corrected chi connectivity index (χ2v) is 9.41. The van der Waals surface area contributed by atoms with Crippen LogP contribution in [0.1, 0.15) is 19.8 Å². The fraction of sp³-hybridized carbons (Fsp3) is 0.348. The van der Waals surface area contributed by atoms with Crippen LogP contribution in [0.25, 0.3) is 0 Å². The molecule has 1 aliphatic rings. The molecule has 8 nitrogen and oxygen atoms in total. The standard InChI is InChI=1S/C23H25F3N2O6S/c1-2-33-20-13-16(27-22(30)19-9-4-3-6-15(19)14-29)10-11-21(20)35(31,32)28-17-7-5-8-18(12-17)34-23(24,25)26/h3-5,7-8,10-13,15,19,28-29H,2,6,9,14H2,1H3,(H,27,30)/t15-,19+/m1/s1. The number of alkyl halides is 3. The SMILES string of the molecule is CCOc1cc(NC(=O)[C@H]2CC=CC[C@@H]2CO)ccc1S(=O)(=O)Nc1cccc(OC(F)(F)F)c1. The van der Waals surface area contributed by atoms with Gasteiger partial charge in [0.2, 0.25) is 5.91 Å². The van der Waals surface area contributed by atoms with E-state index >= 15 is 0 Å². The minimum absolute atomic E-state index is 0.0530. The first-order valence-electron chi connectivity index (χ1n) is 10.7. The summed E-state index contributed by atoms with van der Waals surface area (Å²) in [6.07, 6.45) is -0.0850. The van der Waals surface area contributed by atoms with Gasteiger partial charge in [0.15, 0.2) is 0 Å². The van der Waals surface area contributed by atoms with Crippen molar-refractivity contribution >= 4 is 27.3 Å². The van der Waals surface area contributed by atoms with Crippen molar-refractivity contribution in [2.24, 2.45) is 11.8 Å². The average molecular weight is 515 g/mol. The zero-order chi connectivity index (χ0) is 25.6. The second kappa shape index (κ2) is 11.0. The lowest BCUT2D eigenvalue weighted by atomic mass is 9.83. The minimum Gasteiger partial charge on any atom is -0.492 e. The first-order chi connectivity index (χ1) is 16.5. The number of benzene rings is 2. The molecule has 12 heteroatoms. The van der Waals surface area contributed by atoms with Crippen LogP contribution in [0.4, 0.5) is 24.5 Å². The Labute approximate surface area is 200 Å². The van der Waals surface area contributed by atoms with Gasteiger partial charge in [0.05, 0.1) is 12.3 Å². The van der Waals surface area contributed by atoms with Gasteiger partial charge < -0.3 is 19.9 Å². The molecule has 2 aromatic rings. The lowest BCUT2D eigenvalue weighted by molar-refractivity contribution is -0.274. The predicted octanol–water partition coefficient (Wildman–Crippen LogP) is 4.30. The topological polar surface area (TPSA) is 114 Å². The highest BCUT2D eigenvalue weighted by atomic mass is 32.2. The number of carbonyl (C=O) groups is 1. The summed E-state index contributed by atoms with van der Waals surface area (Å²) in [6, 6.07) is 8.38. The van der Waals surface area contributed by atoms with Crippen molar-refractivity contribution in [1.29, 1.82) is 0 Å². The van der Waals surface area contributed by atoms with Gasteiger partial charge in [-0.2, -0.15) is 0 Å². The average Bonchev–Trinajstić information content (AvgIpc) is 2.78. The number of halogens is 3. The van der Waals surface area contributed by atoms with Gasteiger partial charge in [0, 0.05) is 30.3 Å². The van der Waals surface area contributed by atoms with E-state index in [-0.39, 0.29) is 41.4 Å². The number of carbonyl (C=O) groups excluding carboxylic acids is 1. The van der Waals surface area contributed by atoms with Crippen molar-refractivity contribution < 1.29 is 41.0 Å². The van der Waals surface area contributed by atoms with Crippen molar-refractivity contribution in [3.8, 4) is 11.5 Å². The first-order valence-corrected chi connectivity index (χ1v) is 12.2. The Morgan fingerprint density at radius 3 is 2.54 bits per heavy atom. The lowest BCUT2D eigenvalue weighted by Crippen LogP contribution is -2.32. The van der Waals surface area contributed by atoms with Crippen molar-refractivity contribution in [3.63, 3.8) is 0 Å². The summed E-state index contributed by atoms with van der Waals surface area (Å²) < 4.78 is 74.9. The third-order valence-electron chi connectivity index (χ3n) is 5.26. The summed E-state index contributed by atoms with van der Waals surface area (Å²) in [6.45, 7) is 1.63. The van der Waals surface area contributed by atoms with E-state index in [1.54, 1.807) is 6.92 Å². The molecule has 0 unspecified atom stereocenters. The summed E-state index contributed by atoms with van der Waals surface area (Å²) in [5.41, 5.74) is 0.149. The third kappa shape index (κ3) is 7.12. The fourth-order valence-corrected chi connectivity index (χ4v) is 4.85. The summed E-state index contributed by atoms with van der Waals surface area (Å²) in [4.78, 5) is 12.5. The largest absolute Gasteiger partial charge is 0.573 e. The molecular weight excluding hydrogens is 489 g/mol. The maximum absolute atomic E-state index is 13.0. The van der Waals surface area contributed by atoms with Gasteiger partial charge in [0.25, 0.3) is 10.0 Å². The first kappa shape index (κ1) is 26.4. The lowest BCUT2D eigenvalue weighted by Gasteiger charge is -2.26. The number of aliphatic hydroxyl groups is 1. The number of anilines is 2. The van der Waals surface area contributed by atoms with Gasteiger partial charge in [-0.25, -0.2) is 8.42 Å². The van der Waals surface area contributed by atoms with E-state index in [1.807, 2.05) is 12.2 Å². The van der Waals surface area contributed by atoms with Crippen LogP contribution in [-0.2, 0) is 14.8 Å². The van der Waals surface area contributed by atoms with Crippen LogP contribution < -0.4 is 19.5 Å². The van der Waals surface area contributed by atoms with Gasteiger partial charge in [-0.3, -0.25) is 9.52 Å². The molecule has 1 aliphatic carbocycles. The number of amides is 1. The molecule has 3 rings (SSSR count). The van der Waals surface area contributed by atoms with Crippen molar-refractivity contribution in [3.05, 3.63) is 54.6 Å². The number of allylic oxidation sites excluding steroid dienone is 2. The maximum Gasteiger partial charge on any atom is 0.573 e. The smallest absolute Gasteiger partial charge is 0.492 e. The Morgan fingerprint density at radius 2 is 1.86 bits per heavy atom. The highest BCUT2D eigenvalue weighted by molar-refractivity contribution is 7.92. The number of aliphatic hydroxyl groups excluding tert-OH is 1. The molecule has 0 bridgehead atoms. The number of ether oxygens (including phenoxy) is 2. The van der Waals surface area contributed by atoms with Gasteiger partial charge in [-0.15, -0.1) is 13.2 Å². The van der Waals surface area contributed by atoms with Crippen LogP contribution in [0, 0.1) is 11.8 Å². The Balaban J connectivity index is 1.82. The van der Waals surface area contributed by atoms with Crippen molar-refractivity contribution in [2.75, 3.05) is 23.3 Å². The molecule has 0 saturated carbocycles. The highest BCUT2D eigenvalue weighted by Crippen LogP contribution is 2.32. The van der Waals surface area contributed by atoms with E-state index in [4.69, 9.17) is 4.74 Å². The molecule has 2 atom stereocenters. The second-order valence-electron chi connectivity index (χ2n) is 7.76. The maximum atomic E-state index is 13.0. The van der Waals surface area contributed by atoms with E-state index in [0.717, 1.165) is 12.1 Å². The molecular formula is C23H25F3N2O6S. The molecule has 0 radical (unpaired) electrons. The van der Waals surface area contributed by atoms with Crippen molar-refractivity contribution in [2.45, 2.75) is 31.0 Å². The van der Waals surface area contributed by atoms with Gasteiger partial charge in [-0.05, 0) is 49.9 Å². The summed E-state index contributed by atoms with van der Waals surface area (Å²) in [5, 5.41) is 12.3. The molecule has 35 heavy (non-hydrogen) atoms. The molecule has 0 saturated heterocycles. The van der Waals surface area contributed by atoms with Gasteiger partial charge in [0.1, 0.15) is 16.4 Å². The quantitative estimate of drug-likeness (QED) is 0.430. The molecule has 1 amide bonds. The number of nitrogens with one attached hydrogen (secondary N) is 2. The Morgan fingerprint density at radius 1 is 1.11 bits per heavy atom. The predicted molar refractivity (Wildman–Crippen MR) is 123 cm³/mol. The van der Waals surface area contributed by atoms with E-state index < -0.39 is 28.1 Å². The van der Waals surface area contributed by atoms with Crippen LogP contribution in [0.15, 0.2) is 59.5 Å². The number of hydrogen-bond donors (Lipinski definition) is 3. The Bertz CT molecular complexity index is 1180.